The van der Waals surface area contributed by atoms with Crippen LogP contribution in [0.1, 0.15) is 12.5 Å². The maximum atomic E-state index is 11.9. The van der Waals surface area contributed by atoms with E-state index in [9.17, 15) is 13.2 Å². The standard InChI is InChI=1S/C12H15ClF3N/c1-9(7-17-8-12(14,15)16)6-10-2-4-11(13)5-3-10/h2-5,9,17H,6-8H2,1H3. The van der Waals surface area contributed by atoms with Crippen LogP contribution in [0.5, 0.6) is 0 Å². The van der Waals surface area contributed by atoms with Gasteiger partial charge in [-0.2, -0.15) is 13.2 Å². The number of rotatable bonds is 5. The molecular weight excluding hydrogens is 251 g/mol. The SMILES string of the molecule is CC(CNCC(F)(F)F)Cc1ccc(Cl)cc1. The molecule has 0 aliphatic heterocycles. The van der Waals surface area contributed by atoms with Crippen LogP contribution in [0.25, 0.3) is 0 Å². The molecule has 1 atom stereocenters. The molecule has 1 aromatic rings. The molecule has 1 aromatic carbocycles. The van der Waals surface area contributed by atoms with E-state index in [-0.39, 0.29) is 5.92 Å². The summed E-state index contributed by atoms with van der Waals surface area (Å²) in [6, 6.07) is 7.35. The Hall–Kier alpha value is -0.740. The minimum Gasteiger partial charge on any atom is -0.308 e. The third-order valence-corrected chi connectivity index (χ3v) is 2.57. The number of benzene rings is 1. The van der Waals surface area contributed by atoms with Crippen LogP contribution in [0.15, 0.2) is 24.3 Å². The van der Waals surface area contributed by atoms with Gasteiger partial charge < -0.3 is 5.32 Å². The highest BCUT2D eigenvalue weighted by atomic mass is 35.5. The molecule has 0 aromatic heterocycles. The maximum absolute atomic E-state index is 11.9. The van der Waals surface area contributed by atoms with E-state index >= 15 is 0 Å². The highest BCUT2D eigenvalue weighted by molar-refractivity contribution is 6.30. The van der Waals surface area contributed by atoms with E-state index in [2.05, 4.69) is 5.32 Å². The summed E-state index contributed by atoms with van der Waals surface area (Å²) in [5.41, 5.74) is 1.08. The molecule has 0 aliphatic carbocycles. The zero-order valence-corrected chi connectivity index (χ0v) is 10.3. The van der Waals surface area contributed by atoms with Gasteiger partial charge in [0.25, 0.3) is 0 Å². The summed E-state index contributed by atoms with van der Waals surface area (Å²) < 4.78 is 35.7. The van der Waals surface area contributed by atoms with Gasteiger partial charge in [-0.1, -0.05) is 30.7 Å². The summed E-state index contributed by atoms with van der Waals surface area (Å²) in [7, 11) is 0. The van der Waals surface area contributed by atoms with Gasteiger partial charge in [-0.25, -0.2) is 0 Å². The number of hydrogen-bond acceptors (Lipinski definition) is 1. The van der Waals surface area contributed by atoms with Crippen molar-refractivity contribution >= 4 is 11.6 Å². The lowest BCUT2D eigenvalue weighted by molar-refractivity contribution is -0.125. The highest BCUT2D eigenvalue weighted by Gasteiger charge is 2.26. The molecule has 0 bridgehead atoms. The predicted molar refractivity (Wildman–Crippen MR) is 63.2 cm³/mol. The molecule has 1 unspecified atom stereocenters. The van der Waals surface area contributed by atoms with E-state index in [1.807, 2.05) is 19.1 Å². The Morgan fingerprint density at radius 2 is 1.82 bits per heavy atom. The Balaban J connectivity index is 2.30. The fraction of sp³-hybridized carbons (Fsp3) is 0.500. The van der Waals surface area contributed by atoms with Crippen LogP contribution in [0.4, 0.5) is 13.2 Å². The van der Waals surface area contributed by atoms with Crippen LogP contribution in [0.2, 0.25) is 5.02 Å². The van der Waals surface area contributed by atoms with Gasteiger partial charge in [0.15, 0.2) is 0 Å². The van der Waals surface area contributed by atoms with Gasteiger partial charge >= 0.3 is 6.18 Å². The fourth-order valence-corrected chi connectivity index (χ4v) is 1.68. The normalized spacial score (nSPS) is 13.7. The number of alkyl halides is 3. The smallest absolute Gasteiger partial charge is 0.308 e. The summed E-state index contributed by atoms with van der Waals surface area (Å²) in [6.45, 7) is 1.33. The second-order valence-electron chi connectivity index (χ2n) is 4.18. The first kappa shape index (κ1) is 14.3. The molecule has 0 aliphatic rings. The molecule has 0 saturated carbocycles. The lowest BCUT2D eigenvalue weighted by Gasteiger charge is -2.14. The lowest BCUT2D eigenvalue weighted by Crippen LogP contribution is -2.32. The molecule has 0 spiro atoms. The second kappa shape index (κ2) is 6.26. The molecule has 1 N–H and O–H groups in total. The zero-order valence-electron chi connectivity index (χ0n) is 9.52. The fourth-order valence-electron chi connectivity index (χ4n) is 1.56. The zero-order chi connectivity index (χ0) is 12.9. The molecule has 0 fully saturated rings. The Bertz CT molecular complexity index is 335. The van der Waals surface area contributed by atoms with Crippen LogP contribution in [-0.2, 0) is 6.42 Å². The van der Waals surface area contributed by atoms with Crippen molar-refractivity contribution < 1.29 is 13.2 Å². The van der Waals surface area contributed by atoms with Crippen LogP contribution in [0.3, 0.4) is 0 Å². The Labute approximate surface area is 104 Å². The minimum absolute atomic E-state index is 0.151. The van der Waals surface area contributed by atoms with Crippen molar-refractivity contribution in [3.63, 3.8) is 0 Å². The van der Waals surface area contributed by atoms with Gasteiger partial charge in [0.1, 0.15) is 0 Å². The van der Waals surface area contributed by atoms with Crippen molar-refractivity contribution in [3.05, 3.63) is 34.9 Å². The molecule has 0 saturated heterocycles. The average molecular weight is 266 g/mol. The van der Waals surface area contributed by atoms with E-state index in [1.165, 1.54) is 0 Å². The first-order valence-electron chi connectivity index (χ1n) is 5.39. The monoisotopic (exact) mass is 265 g/mol. The molecule has 0 radical (unpaired) electrons. The topological polar surface area (TPSA) is 12.0 Å². The second-order valence-corrected chi connectivity index (χ2v) is 4.62. The molecule has 0 amide bonds. The van der Waals surface area contributed by atoms with Gasteiger partial charge in [-0.3, -0.25) is 0 Å². The van der Waals surface area contributed by atoms with Crippen molar-refractivity contribution in [2.45, 2.75) is 19.5 Å². The van der Waals surface area contributed by atoms with E-state index in [0.717, 1.165) is 12.0 Å². The van der Waals surface area contributed by atoms with Crippen molar-refractivity contribution in [1.29, 1.82) is 0 Å². The van der Waals surface area contributed by atoms with E-state index < -0.39 is 12.7 Å². The molecular formula is C12H15ClF3N. The van der Waals surface area contributed by atoms with Crippen molar-refractivity contribution in [3.8, 4) is 0 Å². The van der Waals surface area contributed by atoms with Gasteiger partial charge in [0, 0.05) is 5.02 Å². The van der Waals surface area contributed by atoms with Crippen LogP contribution >= 0.6 is 11.6 Å². The summed E-state index contributed by atoms with van der Waals surface area (Å²) in [6.07, 6.45) is -3.40. The molecule has 1 rings (SSSR count). The number of hydrogen-bond donors (Lipinski definition) is 1. The quantitative estimate of drug-likeness (QED) is 0.857. The van der Waals surface area contributed by atoms with Crippen molar-refractivity contribution in [2.24, 2.45) is 5.92 Å². The lowest BCUT2D eigenvalue weighted by atomic mass is 10.0. The van der Waals surface area contributed by atoms with E-state index in [0.29, 0.717) is 11.6 Å². The Morgan fingerprint density at radius 3 is 2.35 bits per heavy atom. The summed E-state index contributed by atoms with van der Waals surface area (Å²) in [4.78, 5) is 0. The average Bonchev–Trinajstić information content (AvgIpc) is 2.19. The van der Waals surface area contributed by atoms with Gasteiger partial charge in [-0.15, -0.1) is 0 Å². The van der Waals surface area contributed by atoms with Crippen LogP contribution in [-0.4, -0.2) is 19.3 Å². The van der Waals surface area contributed by atoms with Crippen LogP contribution < -0.4 is 5.32 Å². The molecule has 17 heavy (non-hydrogen) atoms. The molecule has 1 nitrogen and oxygen atoms in total. The third-order valence-electron chi connectivity index (χ3n) is 2.32. The van der Waals surface area contributed by atoms with E-state index in [4.69, 9.17) is 11.6 Å². The van der Waals surface area contributed by atoms with Crippen molar-refractivity contribution in [1.82, 2.24) is 5.32 Å². The van der Waals surface area contributed by atoms with Gasteiger partial charge in [-0.05, 0) is 36.6 Å². The maximum Gasteiger partial charge on any atom is 0.401 e. The Kier molecular flexibility index (Phi) is 5.28. The Morgan fingerprint density at radius 1 is 1.24 bits per heavy atom. The summed E-state index contributed by atoms with van der Waals surface area (Å²) in [5.74, 6) is 0.151. The number of halogens is 4. The van der Waals surface area contributed by atoms with Gasteiger partial charge in [0.05, 0.1) is 6.54 Å². The summed E-state index contributed by atoms with van der Waals surface area (Å²) in [5, 5.41) is 3.07. The predicted octanol–water partition coefficient (Wildman–Crippen LogP) is 3.67. The largest absolute Gasteiger partial charge is 0.401 e. The van der Waals surface area contributed by atoms with Crippen molar-refractivity contribution in [2.75, 3.05) is 13.1 Å². The van der Waals surface area contributed by atoms with Gasteiger partial charge in [0.2, 0.25) is 0 Å². The first-order chi connectivity index (χ1) is 7.87. The summed E-state index contributed by atoms with van der Waals surface area (Å²) >= 11 is 5.74. The van der Waals surface area contributed by atoms with Crippen LogP contribution in [0, 0.1) is 5.92 Å². The van der Waals surface area contributed by atoms with E-state index in [1.54, 1.807) is 12.1 Å². The third kappa shape index (κ3) is 6.54. The first-order valence-corrected chi connectivity index (χ1v) is 5.76. The minimum atomic E-state index is -4.14. The molecule has 0 heterocycles. The molecule has 5 heteroatoms. The highest BCUT2D eigenvalue weighted by Crippen LogP contribution is 2.14. The molecule has 96 valence electrons. The number of nitrogens with one attached hydrogen (secondary N) is 1.